The first-order valence-corrected chi connectivity index (χ1v) is 5.33. The third kappa shape index (κ3) is 3.18. The molecule has 0 heterocycles. The van der Waals surface area contributed by atoms with Gasteiger partial charge in [-0.25, -0.2) is 4.79 Å². The van der Waals surface area contributed by atoms with E-state index in [1.807, 2.05) is 13.8 Å². The lowest BCUT2D eigenvalue weighted by Gasteiger charge is -2.35. The average molecular weight is 210 g/mol. The Labute approximate surface area is 90.5 Å². The van der Waals surface area contributed by atoms with Gasteiger partial charge in [-0.1, -0.05) is 6.58 Å². The van der Waals surface area contributed by atoms with E-state index in [0.717, 1.165) is 18.9 Å². The van der Waals surface area contributed by atoms with Gasteiger partial charge < -0.3 is 4.74 Å². The topological polar surface area (TPSA) is 43.4 Å². The van der Waals surface area contributed by atoms with Crippen LogP contribution < -0.4 is 0 Å². The molecule has 0 aromatic heterocycles. The first-order valence-electron chi connectivity index (χ1n) is 5.33. The fourth-order valence-electron chi connectivity index (χ4n) is 2.00. The van der Waals surface area contributed by atoms with Crippen LogP contribution in [0.3, 0.4) is 0 Å². The van der Waals surface area contributed by atoms with E-state index >= 15 is 0 Å². The second-order valence-electron chi connectivity index (χ2n) is 4.56. The molecule has 84 valence electrons. The van der Waals surface area contributed by atoms with Crippen molar-refractivity contribution in [2.45, 2.75) is 45.1 Å². The Morgan fingerprint density at radius 1 is 1.60 bits per heavy atom. The minimum absolute atomic E-state index is 0.141. The molecule has 0 aromatic carbocycles. The Morgan fingerprint density at radius 2 is 2.27 bits per heavy atom. The minimum Gasteiger partial charge on any atom is -0.456 e. The van der Waals surface area contributed by atoms with E-state index < -0.39 is 11.6 Å². The van der Waals surface area contributed by atoms with Gasteiger partial charge >= 0.3 is 5.97 Å². The maximum Gasteiger partial charge on any atom is 0.330 e. The number of hydrogen-bond donors (Lipinski definition) is 0. The molecule has 1 saturated carbocycles. The molecule has 3 nitrogen and oxygen atoms in total. The number of esters is 1. The SMILES string of the molecule is C=CC(=O)OC(C)(C)C1CCCC(=O)C1. The summed E-state index contributed by atoms with van der Waals surface area (Å²) in [6.45, 7) is 7.08. The van der Waals surface area contributed by atoms with Crippen molar-refractivity contribution >= 4 is 11.8 Å². The fraction of sp³-hybridized carbons (Fsp3) is 0.667. The summed E-state index contributed by atoms with van der Waals surface area (Å²) in [5.74, 6) is -0.00495. The van der Waals surface area contributed by atoms with Gasteiger partial charge in [-0.3, -0.25) is 4.79 Å². The van der Waals surface area contributed by atoms with Crippen LogP contribution in [0, 0.1) is 5.92 Å². The second kappa shape index (κ2) is 4.60. The monoisotopic (exact) mass is 210 g/mol. The number of ether oxygens (including phenoxy) is 1. The van der Waals surface area contributed by atoms with Crippen molar-refractivity contribution in [1.82, 2.24) is 0 Å². The number of ketones is 1. The molecule has 1 aliphatic rings. The van der Waals surface area contributed by atoms with Crippen LogP contribution in [0.25, 0.3) is 0 Å². The van der Waals surface area contributed by atoms with Crippen molar-refractivity contribution in [2.24, 2.45) is 5.92 Å². The fourth-order valence-corrected chi connectivity index (χ4v) is 2.00. The molecule has 0 N–H and O–H groups in total. The third-order valence-corrected chi connectivity index (χ3v) is 3.00. The van der Waals surface area contributed by atoms with E-state index in [1.165, 1.54) is 0 Å². The molecule has 15 heavy (non-hydrogen) atoms. The summed E-state index contributed by atoms with van der Waals surface area (Å²) >= 11 is 0. The highest BCUT2D eigenvalue weighted by molar-refractivity contribution is 5.82. The lowest BCUT2D eigenvalue weighted by molar-refractivity contribution is -0.158. The predicted molar refractivity (Wildman–Crippen MR) is 57.3 cm³/mol. The van der Waals surface area contributed by atoms with Crippen LogP contribution in [-0.2, 0) is 14.3 Å². The molecule has 1 fully saturated rings. The van der Waals surface area contributed by atoms with Gasteiger partial charge in [0.1, 0.15) is 11.4 Å². The van der Waals surface area contributed by atoms with E-state index in [0.29, 0.717) is 12.8 Å². The summed E-state index contributed by atoms with van der Waals surface area (Å²) in [6, 6.07) is 0. The van der Waals surface area contributed by atoms with Crippen LogP contribution in [0.2, 0.25) is 0 Å². The van der Waals surface area contributed by atoms with Gasteiger partial charge in [0.2, 0.25) is 0 Å². The molecule has 0 amide bonds. The van der Waals surface area contributed by atoms with Crippen molar-refractivity contribution in [3.05, 3.63) is 12.7 Å². The van der Waals surface area contributed by atoms with Gasteiger partial charge in [0.25, 0.3) is 0 Å². The molecule has 3 heteroatoms. The predicted octanol–water partition coefficient (Wildman–Crippen LogP) is 2.25. The van der Waals surface area contributed by atoms with Crippen LogP contribution >= 0.6 is 0 Å². The normalized spacial score (nSPS) is 22.3. The van der Waals surface area contributed by atoms with Crippen molar-refractivity contribution in [3.63, 3.8) is 0 Å². The standard InChI is InChI=1S/C12H18O3/c1-4-11(14)15-12(2,3)9-6-5-7-10(13)8-9/h4,9H,1,5-8H2,2-3H3. The first kappa shape index (κ1) is 12.0. The third-order valence-electron chi connectivity index (χ3n) is 3.00. The zero-order valence-corrected chi connectivity index (χ0v) is 9.41. The van der Waals surface area contributed by atoms with E-state index in [4.69, 9.17) is 4.74 Å². The second-order valence-corrected chi connectivity index (χ2v) is 4.56. The zero-order valence-electron chi connectivity index (χ0n) is 9.41. The largest absolute Gasteiger partial charge is 0.456 e. The van der Waals surface area contributed by atoms with Gasteiger partial charge in [0.15, 0.2) is 0 Å². The average Bonchev–Trinajstić information content (AvgIpc) is 2.17. The molecular formula is C12H18O3. The van der Waals surface area contributed by atoms with Gasteiger partial charge in [0, 0.05) is 24.8 Å². The molecule has 0 saturated heterocycles. The molecule has 1 unspecified atom stereocenters. The number of hydrogen-bond acceptors (Lipinski definition) is 3. The molecule has 0 aromatic rings. The highest BCUT2D eigenvalue weighted by Crippen LogP contribution is 2.33. The Hall–Kier alpha value is -1.12. The van der Waals surface area contributed by atoms with Gasteiger partial charge in [0.05, 0.1) is 0 Å². The number of Topliss-reactive ketones (excluding diaryl/α,β-unsaturated/α-hetero) is 1. The summed E-state index contributed by atoms with van der Waals surface area (Å²) in [6.07, 6.45) is 4.20. The summed E-state index contributed by atoms with van der Waals surface area (Å²) < 4.78 is 5.27. The first-order chi connectivity index (χ1) is 6.95. The molecule has 0 aliphatic heterocycles. The zero-order chi connectivity index (χ0) is 11.5. The molecule has 0 spiro atoms. The number of carbonyl (C=O) groups excluding carboxylic acids is 2. The molecule has 1 rings (SSSR count). The Bertz CT molecular complexity index is 279. The minimum atomic E-state index is -0.568. The van der Waals surface area contributed by atoms with Gasteiger partial charge in [-0.05, 0) is 26.7 Å². The highest BCUT2D eigenvalue weighted by atomic mass is 16.6. The van der Waals surface area contributed by atoms with Crippen LogP contribution in [0.1, 0.15) is 39.5 Å². The van der Waals surface area contributed by atoms with Crippen molar-refractivity contribution in [3.8, 4) is 0 Å². The maximum absolute atomic E-state index is 11.3. The molecular weight excluding hydrogens is 192 g/mol. The Balaban J connectivity index is 2.62. The molecule has 0 radical (unpaired) electrons. The summed E-state index contributed by atoms with van der Waals surface area (Å²) in [5.41, 5.74) is -0.568. The Morgan fingerprint density at radius 3 is 2.80 bits per heavy atom. The van der Waals surface area contributed by atoms with Crippen LogP contribution in [0.5, 0.6) is 0 Å². The van der Waals surface area contributed by atoms with Gasteiger partial charge in [-0.15, -0.1) is 0 Å². The number of rotatable bonds is 3. The number of carbonyl (C=O) groups is 2. The van der Waals surface area contributed by atoms with E-state index in [1.54, 1.807) is 0 Å². The van der Waals surface area contributed by atoms with Crippen molar-refractivity contribution < 1.29 is 14.3 Å². The van der Waals surface area contributed by atoms with Gasteiger partial charge in [-0.2, -0.15) is 0 Å². The van der Waals surface area contributed by atoms with Crippen LogP contribution in [-0.4, -0.2) is 17.4 Å². The lowest BCUT2D eigenvalue weighted by atomic mass is 9.78. The van der Waals surface area contributed by atoms with Crippen molar-refractivity contribution in [1.29, 1.82) is 0 Å². The summed E-state index contributed by atoms with van der Waals surface area (Å²) in [4.78, 5) is 22.4. The van der Waals surface area contributed by atoms with E-state index in [9.17, 15) is 9.59 Å². The molecule has 0 bridgehead atoms. The summed E-state index contributed by atoms with van der Waals surface area (Å²) in [5, 5.41) is 0. The molecule has 1 atom stereocenters. The van der Waals surface area contributed by atoms with E-state index in [-0.39, 0.29) is 11.7 Å². The highest BCUT2D eigenvalue weighted by Gasteiger charge is 2.35. The maximum atomic E-state index is 11.3. The van der Waals surface area contributed by atoms with Crippen molar-refractivity contribution in [2.75, 3.05) is 0 Å². The van der Waals surface area contributed by atoms with Crippen LogP contribution in [0.4, 0.5) is 0 Å². The lowest BCUT2D eigenvalue weighted by Crippen LogP contribution is -2.39. The van der Waals surface area contributed by atoms with Crippen LogP contribution in [0.15, 0.2) is 12.7 Å². The smallest absolute Gasteiger partial charge is 0.330 e. The molecule has 1 aliphatic carbocycles. The quantitative estimate of drug-likeness (QED) is 0.530. The summed E-state index contributed by atoms with van der Waals surface area (Å²) in [7, 11) is 0. The Kier molecular flexibility index (Phi) is 3.66. The van der Waals surface area contributed by atoms with E-state index in [2.05, 4.69) is 6.58 Å².